The van der Waals surface area contributed by atoms with Crippen LogP contribution < -0.4 is 5.32 Å². The van der Waals surface area contributed by atoms with E-state index in [1.807, 2.05) is 35.8 Å². The average Bonchev–Trinajstić information content (AvgIpc) is 2.38. The van der Waals surface area contributed by atoms with Gasteiger partial charge in [0.15, 0.2) is 0 Å². The number of nitrogens with one attached hydrogen (secondary N) is 1. The predicted octanol–water partition coefficient (Wildman–Crippen LogP) is 1.70. The van der Waals surface area contributed by atoms with Crippen molar-refractivity contribution in [1.29, 1.82) is 0 Å². The number of hydrogen-bond acceptors (Lipinski definition) is 4. The molecule has 1 aliphatic rings. The monoisotopic (exact) mass is 251 g/mol. The molecule has 1 N–H and O–H groups in total. The molecule has 1 saturated heterocycles. The highest BCUT2D eigenvalue weighted by molar-refractivity contribution is 7.99. The molecule has 0 saturated carbocycles. The van der Waals surface area contributed by atoms with Crippen LogP contribution >= 0.6 is 11.8 Å². The van der Waals surface area contributed by atoms with E-state index >= 15 is 0 Å². The molecule has 0 aromatic carbocycles. The van der Waals surface area contributed by atoms with Gasteiger partial charge in [-0.2, -0.15) is 11.8 Å². The largest absolute Gasteiger partial charge is 0.373 e. The number of pyridine rings is 1. The first-order valence-corrected chi connectivity index (χ1v) is 6.80. The third-order valence-electron chi connectivity index (χ3n) is 2.79. The maximum atomic E-state index is 12.2. The summed E-state index contributed by atoms with van der Waals surface area (Å²) < 4.78 is 0. The second-order valence-electron chi connectivity index (χ2n) is 4.11. The van der Waals surface area contributed by atoms with Crippen LogP contribution in [0.2, 0.25) is 0 Å². The summed E-state index contributed by atoms with van der Waals surface area (Å²) in [6, 6.07) is 3.66. The first kappa shape index (κ1) is 12.2. The zero-order valence-electron chi connectivity index (χ0n) is 10.1. The molecule has 1 aromatic heterocycles. The van der Waals surface area contributed by atoms with E-state index < -0.39 is 0 Å². The van der Waals surface area contributed by atoms with Crippen LogP contribution in [0, 0.1) is 0 Å². The van der Waals surface area contributed by atoms with Gasteiger partial charge in [-0.15, -0.1) is 0 Å². The summed E-state index contributed by atoms with van der Waals surface area (Å²) in [6.07, 6.45) is 1.64. The minimum Gasteiger partial charge on any atom is -0.373 e. The molecule has 1 aromatic rings. The van der Waals surface area contributed by atoms with Crippen LogP contribution in [0.4, 0.5) is 5.82 Å². The fourth-order valence-corrected chi connectivity index (χ4v) is 2.87. The van der Waals surface area contributed by atoms with E-state index in [1.165, 1.54) is 0 Å². The van der Waals surface area contributed by atoms with E-state index in [2.05, 4.69) is 17.2 Å². The van der Waals surface area contributed by atoms with Crippen molar-refractivity contribution in [3.63, 3.8) is 0 Å². The fraction of sp³-hybridized carbons (Fsp3) is 0.500. The molecule has 0 aliphatic carbocycles. The number of carbonyl (C=O) groups excluding carboxylic acids is 1. The molecule has 0 radical (unpaired) electrons. The van der Waals surface area contributed by atoms with Crippen molar-refractivity contribution in [1.82, 2.24) is 9.88 Å². The number of rotatable bonds is 2. The Morgan fingerprint density at radius 1 is 1.59 bits per heavy atom. The maximum Gasteiger partial charge on any atom is 0.255 e. The number of aromatic nitrogens is 1. The normalized spacial score (nSPS) is 20.1. The molecule has 2 rings (SSSR count). The number of amides is 1. The van der Waals surface area contributed by atoms with Crippen LogP contribution in [0.15, 0.2) is 18.3 Å². The molecule has 1 fully saturated rings. The molecule has 1 amide bonds. The third kappa shape index (κ3) is 2.91. The van der Waals surface area contributed by atoms with Crippen molar-refractivity contribution < 1.29 is 4.79 Å². The van der Waals surface area contributed by atoms with Crippen molar-refractivity contribution in [2.75, 3.05) is 31.2 Å². The topological polar surface area (TPSA) is 45.2 Å². The Hall–Kier alpha value is -1.23. The van der Waals surface area contributed by atoms with E-state index in [-0.39, 0.29) is 5.91 Å². The Balaban J connectivity index is 2.07. The number of hydrogen-bond donors (Lipinski definition) is 1. The summed E-state index contributed by atoms with van der Waals surface area (Å²) in [4.78, 5) is 18.3. The Morgan fingerprint density at radius 3 is 3.00 bits per heavy atom. The lowest BCUT2D eigenvalue weighted by molar-refractivity contribution is 0.0763. The van der Waals surface area contributed by atoms with Gasteiger partial charge in [-0.1, -0.05) is 6.92 Å². The van der Waals surface area contributed by atoms with Crippen molar-refractivity contribution in [2.24, 2.45) is 0 Å². The fourth-order valence-electron chi connectivity index (χ4n) is 1.85. The molecular weight excluding hydrogens is 234 g/mol. The molecule has 1 atom stereocenters. The van der Waals surface area contributed by atoms with Crippen LogP contribution in [0.5, 0.6) is 0 Å². The Bertz CT molecular complexity index is 393. The van der Waals surface area contributed by atoms with Gasteiger partial charge < -0.3 is 10.2 Å². The van der Waals surface area contributed by atoms with Crippen LogP contribution in [0.3, 0.4) is 0 Å². The Labute approximate surface area is 106 Å². The van der Waals surface area contributed by atoms with Crippen molar-refractivity contribution in [3.8, 4) is 0 Å². The second kappa shape index (κ2) is 5.40. The minimum absolute atomic E-state index is 0.0901. The Morgan fingerprint density at radius 2 is 2.41 bits per heavy atom. The molecule has 1 aliphatic heterocycles. The van der Waals surface area contributed by atoms with Gasteiger partial charge in [0.25, 0.3) is 5.91 Å². The van der Waals surface area contributed by atoms with E-state index in [0.717, 1.165) is 24.7 Å². The van der Waals surface area contributed by atoms with Gasteiger partial charge in [-0.05, 0) is 12.1 Å². The van der Waals surface area contributed by atoms with E-state index in [4.69, 9.17) is 0 Å². The molecule has 0 bridgehead atoms. The van der Waals surface area contributed by atoms with Gasteiger partial charge in [0, 0.05) is 37.3 Å². The molecule has 2 heterocycles. The SMILES string of the molecule is CNc1ccc(C(=O)N2CCSC(C)C2)cn1. The minimum atomic E-state index is 0.0901. The van der Waals surface area contributed by atoms with Gasteiger partial charge >= 0.3 is 0 Å². The second-order valence-corrected chi connectivity index (χ2v) is 5.66. The highest BCUT2D eigenvalue weighted by Crippen LogP contribution is 2.19. The van der Waals surface area contributed by atoms with E-state index in [1.54, 1.807) is 6.20 Å². The maximum absolute atomic E-state index is 12.2. The summed E-state index contributed by atoms with van der Waals surface area (Å²) in [5.41, 5.74) is 0.670. The summed E-state index contributed by atoms with van der Waals surface area (Å²) in [6.45, 7) is 3.82. The first-order valence-electron chi connectivity index (χ1n) is 5.75. The van der Waals surface area contributed by atoms with Gasteiger partial charge in [-0.3, -0.25) is 4.79 Å². The van der Waals surface area contributed by atoms with Gasteiger partial charge in [-0.25, -0.2) is 4.98 Å². The molecule has 5 heteroatoms. The van der Waals surface area contributed by atoms with Crippen LogP contribution in [-0.4, -0.2) is 46.9 Å². The summed E-state index contributed by atoms with van der Waals surface area (Å²) in [5, 5.41) is 3.47. The van der Waals surface area contributed by atoms with Crippen LogP contribution in [-0.2, 0) is 0 Å². The summed E-state index contributed by atoms with van der Waals surface area (Å²) in [7, 11) is 1.81. The summed E-state index contributed by atoms with van der Waals surface area (Å²) in [5.74, 6) is 1.89. The van der Waals surface area contributed by atoms with Gasteiger partial charge in [0.2, 0.25) is 0 Å². The number of thioether (sulfide) groups is 1. The van der Waals surface area contributed by atoms with E-state index in [9.17, 15) is 4.79 Å². The quantitative estimate of drug-likeness (QED) is 0.869. The smallest absolute Gasteiger partial charge is 0.255 e. The van der Waals surface area contributed by atoms with Crippen molar-refractivity contribution in [2.45, 2.75) is 12.2 Å². The highest BCUT2D eigenvalue weighted by atomic mass is 32.2. The number of carbonyl (C=O) groups is 1. The average molecular weight is 251 g/mol. The first-order chi connectivity index (χ1) is 8.20. The third-order valence-corrected chi connectivity index (χ3v) is 3.93. The van der Waals surface area contributed by atoms with E-state index in [0.29, 0.717) is 10.8 Å². The van der Waals surface area contributed by atoms with Crippen molar-refractivity contribution in [3.05, 3.63) is 23.9 Å². The lowest BCUT2D eigenvalue weighted by Crippen LogP contribution is -2.41. The highest BCUT2D eigenvalue weighted by Gasteiger charge is 2.22. The molecular formula is C12H17N3OS. The zero-order valence-corrected chi connectivity index (χ0v) is 11.0. The number of nitrogens with zero attached hydrogens (tertiary/aromatic N) is 2. The molecule has 0 spiro atoms. The molecule has 17 heavy (non-hydrogen) atoms. The molecule has 92 valence electrons. The molecule has 1 unspecified atom stereocenters. The molecule has 4 nitrogen and oxygen atoms in total. The van der Waals surface area contributed by atoms with Crippen molar-refractivity contribution >= 4 is 23.5 Å². The lowest BCUT2D eigenvalue weighted by atomic mass is 10.2. The summed E-state index contributed by atoms with van der Waals surface area (Å²) >= 11 is 1.92. The van der Waals surface area contributed by atoms with Crippen LogP contribution in [0.1, 0.15) is 17.3 Å². The van der Waals surface area contributed by atoms with Gasteiger partial charge in [0.1, 0.15) is 5.82 Å². The standard InChI is InChI=1S/C12H17N3OS/c1-9-8-15(5-6-17-9)12(16)10-3-4-11(13-2)14-7-10/h3-4,7,9H,5-6,8H2,1-2H3,(H,13,14). The number of anilines is 1. The zero-order chi connectivity index (χ0) is 12.3. The van der Waals surface area contributed by atoms with Crippen LogP contribution in [0.25, 0.3) is 0 Å². The van der Waals surface area contributed by atoms with Gasteiger partial charge in [0.05, 0.1) is 5.56 Å². The lowest BCUT2D eigenvalue weighted by Gasteiger charge is -2.30. The predicted molar refractivity (Wildman–Crippen MR) is 71.6 cm³/mol. The Kier molecular flexibility index (Phi) is 3.89.